The first kappa shape index (κ1) is 27.8. The van der Waals surface area contributed by atoms with Crippen molar-refractivity contribution in [2.24, 2.45) is 0 Å². The number of benzene rings is 2. The number of ether oxygens (including phenoxy) is 1. The third kappa shape index (κ3) is 7.19. The summed E-state index contributed by atoms with van der Waals surface area (Å²) < 4.78 is 85.4. The van der Waals surface area contributed by atoms with Crippen molar-refractivity contribution in [3.8, 4) is 5.75 Å². The average molecular weight is 528 g/mol. The average Bonchev–Trinajstić information content (AvgIpc) is 2.89. The van der Waals surface area contributed by atoms with Crippen LogP contribution in [-0.2, 0) is 18.8 Å². The van der Waals surface area contributed by atoms with Gasteiger partial charge < -0.3 is 4.74 Å². The van der Waals surface area contributed by atoms with Crippen molar-refractivity contribution in [3.63, 3.8) is 0 Å². The summed E-state index contributed by atoms with van der Waals surface area (Å²) in [5.41, 5.74) is -1.66. The fourth-order valence-corrected chi connectivity index (χ4v) is 5.51. The Morgan fingerprint density at radius 2 is 1.41 bits per heavy atom. The molecule has 1 saturated heterocycles. The van der Waals surface area contributed by atoms with Crippen LogP contribution in [0.5, 0.6) is 5.75 Å². The second kappa shape index (κ2) is 11.6. The van der Waals surface area contributed by atoms with E-state index in [1.807, 2.05) is 30.7 Å². The summed E-state index contributed by atoms with van der Waals surface area (Å²) in [6.45, 7) is 3.35. The predicted octanol–water partition coefficient (Wildman–Crippen LogP) is 7.17. The summed E-state index contributed by atoms with van der Waals surface area (Å²) in [7, 11) is 1.56. The van der Waals surface area contributed by atoms with Gasteiger partial charge in [-0.25, -0.2) is 0 Å². The fraction of sp³-hybridized carbons (Fsp3) is 0.536. The second-order valence-electron chi connectivity index (χ2n) is 9.94. The van der Waals surface area contributed by atoms with Crippen LogP contribution < -0.4 is 4.74 Å². The van der Waals surface area contributed by atoms with Crippen LogP contribution in [0.1, 0.15) is 60.4 Å². The molecule has 0 spiro atoms. The molecule has 2 fully saturated rings. The SMILES string of the molecule is COc1ccc(C([CH]Cc2cc(C(F)(F)F)cc(C(F)(F)F)c2)N2CCN(C3CCCCC3)CC2)cc1. The highest BCUT2D eigenvalue weighted by molar-refractivity contribution is 5.36. The molecule has 0 aromatic heterocycles. The number of hydrogen-bond donors (Lipinski definition) is 0. The first-order chi connectivity index (χ1) is 17.5. The molecule has 203 valence electrons. The molecule has 3 nitrogen and oxygen atoms in total. The van der Waals surface area contributed by atoms with Crippen molar-refractivity contribution in [3.05, 3.63) is 71.1 Å². The Hall–Kier alpha value is -2.26. The van der Waals surface area contributed by atoms with Gasteiger partial charge in [-0.05, 0) is 67.1 Å². The lowest BCUT2D eigenvalue weighted by Gasteiger charge is -2.43. The van der Waals surface area contributed by atoms with E-state index in [0.29, 0.717) is 11.8 Å². The van der Waals surface area contributed by atoms with Gasteiger partial charge in [0.2, 0.25) is 0 Å². The number of halogens is 6. The lowest BCUT2D eigenvalue weighted by atomic mass is 9.92. The molecule has 1 atom stereocenters. The standard InChI is InChI=1S/C28H33F6N2O/c1-37-25-10-8-21(9-11-25)26(36-15-13-35(14-16-36)24-5-3-2-4-6-24)12-7-20-17-22(27(29,30)31)19-23(18-20)28(32,33)34/h8-12,17-19,24,26H,2-7,13-16H2,1H3. The van der Waals surface area contributed by atoms with E-state index in [1.54, 1.807) is 7.11 Å². The molecule has 0 bridgehead atoms. The molecular formula is C28H33F6N2O. The Labute approximate surface area is 214 Å². The number of nitrogens with zero attached hydrogens (tertiary/aromatic N) is 2. The first-order valence-corrected chi connectivity index (χ1v) is 12.8. The largest absolute Gasteiger partial charge is 0.497 e. The Morgan fingerprint density at radius 3 is 1.92 bits per heavy atom. The third-order valence-corrected chi connectivity index (χ3v) is 7.51. The molecule has 1 saturated carbocycles. The number of alkyl halides is 6. The van der Waals surface area contributed by atoms with Gasteiger partial charge in [0, 0.05) is 38.3 Å². The van der Waals surface area contributed by atoms with Gasteiger partial charge in [-0.1, -0.05) is 31.4 Å². The minimum Gasteiger partial charge on any atom is -0.497 e. The molecule has 1 radical (unpaired) electrons. The summed E-state index contributed by atoms with van der Waals surface area (Å²) in [5, 5.41) is 0. The number of piperazine rings is 1. The Kier molecular flexibility index (Phi) is 8.74. The topological polar surface area (TPSA) is 15.7 Å². The number of hydrogen-bond acceptors (Lipinski definition) is 3. The molecule has 2 aromatic carbocycles. The summed E-state index contributed by atoms with van der Waals surface area (Å²) in [5.74, 6) is 0.678. The molecule has 0 amide bonds. The van der Waals surface area contributed by atoms with Crippen LogP contribution in [0.3, 0.4) is 0 Å². The van der Waals surface area contributed by atoms with Gasteiger partial charge in [-0.2, -0.15) is 26.3 Å². The molecule has 1 heterocycles. The molecule has 2 aliphatic rings. The quantitative estimate of drug-likeness (QED) is 0.355. The first-order valence-electron chi connectivity index (χ1n) is 12.8. The van der Waals surface area contributed by atoms with E-state index in [9.17, 15) is 26.3 Å². The highest BCUT2D eigenvalue weighted by atomic mass is 19.4. The van der Waals surface area contributed by atoms with Gasteiger partial charge in [0.25, 0.3) is 0 Å². The molecule has 1 unspecified atom stereocenters. The Bertz CT molecular complexity index is 975. The smallest absolute Gasteiger partial charge is 0.416 e. The van der Waals surface area contributed by atoms with Gasteiger partial charge in [-0.15, -0.1) is 0 Å². The van der Waals surface area contributed by atoms with Crippen molar-refractivity contribution in [2.45, 2.75) is 63.0 Å². The second-order valence-corrected chi connectivity index (χ2v) is 9.94. The van der Waals surface area contributed by atoms with Gasteiger partial charge in [-0.3, -0.25) is 9.80 Å². The third-order valence-electron chi connectivity index (χ3n) is 7.51. The van der Waals surface area contributed by atoms with Crippen molar-refractivity contribution >= 4 is 0 Å². The fourth-order valence-electron chi connectivity index (χ4n) is 5.51. The molecule has 4 rings (SSSR count). The van der Waals surface area contributed by atoms with E-state index in [0.717, 1.165) is 43.9 Å². The zero-order valence-electron chi connectivity index (χ0n) is 20.9. The van der Waals surface area contributed by atoms with E-state index in [4.69, 9.17) is 4.74 Å². The summed E-state index contributed by atoms with van der Waals surface area (Å²) in [6, 6.07) is 9.61. The van der Waals surface area contributed by atoms with Crippen LogP contribution in [0.15, 0.2) is 42.5 Å². The zero-order chi connectivity index (χ0) is 26.6. The van der Waals surface area contributed by atoms with Crippen LogP contribution in [0.25, 0.3) is 0 Å². The molecule has 1 aliphatic heterocycles. The van der Waals surface area contributed by atoms with Crippen LogP contribution in [0, 0.1) is 6.42 Å². The van der Waals surface area contributed by atoms with E-state index in [-0.39, 0.29) is 24.1 Å². The minimum absolute atomic E-state index is 0.0125. The Balaban J connectivity index is 1.53. The van der Waals surface area contributed by atoms with Gasteiger partial charge in [0.05, 0.1) is 18.2 Å². The van der Waals surface area contributed by atoms with Crippen LogP contribution in [-0.4, -0.2) is 49.1 Å². The maximum Gasteiger partial charge on any atom is 0.416 e. The molecule has 37 heavy (non-hydrogen) atoms. The lowest BCUT2D eigenvalue weighted by molar-refractivity contribution is -0.143. The molecule has 1 aliphatic carbocycles. The molecule has 0 N–H and O–H groups in total. The summed E-state index contributed by atoms with van der Waals surface area (Å²) >= 11 is 0. The van der Waals surface area contributed by atoms with Crippen molar-refractivity contribution in [1.82, 2.24) is 9.80 Å². The summed E-state index contributed by atoms with van der Waals surface area (Å²) in [6.07, 6.45) is -1.69. The highest BCUT2D eigenvalue weighted by Crippen LogP contribution is 2.37. The Morgan fingerprint density at radius 1 is 0.838 bits per heavy atom. The van der Waals surface area contributed by atoms with Crippen molar-refractivity contribution in [1.29, 1.82) is 0 Å². The lowest BCUT2D eigenvalue weighted by Crippen LogP contribution is -2.51. The molecular weight excluding hydrogens is 494 g/mol. The predicted molar refractivity (Wildman–Crippen MR) is 130 cm³/mol. The summed E-state index contributed by atoms with van der Waals surface area (Å²) in [4.78, 5) is 4.79. The van der Waals surface area contributed by atoms with Crippen LogP contribution >= 0.6 is 0 Å². The molecule has 2 aromatic rings. The van der Waals surface area contributed by atoms with E-state index in [1.165, 1.54) is 32.1 Å². The molecule has 9 heteroatoms. The van der Waals surface area contributed by atoms with Crippen LogP contribution in [0.4, 0.5) is 26.3 Å². The van der Waals surface area contributed by atoms with Gasteiger partial charge >= 0.3 is 12.4 Å². The van der Waals surface area contributed by atoms with Crippen LogP contribution in [0.2, 0.25) is 0 Å². The number of methoxy groups -OCH3 is 1. The maximum absolute atomic E-state index is 13.3. The van der Waals surface area contributed by atoms with E-state index < -0.39 is 23.5 Å². The normalized spacial score (nSPS) is 19.6. The van der Waals surface area contributed by atoms with Crippen molar-refractivity contribution in [2.75, 3.05) is 33.3 Å². The minimum atomic E-state index is -4.86. The van der Waals surface area contributed by atoms with Gasteiger partial charge in [0.15, 0.2) is 0 Å². The van der Waals surface area contributed by atoms with E-state index in [2.05, 4.69) is 9.80 Å². The van der Waals surface area contributed by atoms with E-state index >= 15 is 0 Å². The highest BCUT2D eigenvalue weighted by Gasteiger charge is 2.37. The zero-order valence-corrected chi connectivity index (χ0v) is 20.9. The van der Waals surface area contributed by atoms with Crippen molar-refractivity contribution < 1.29 is 31.1 Å². The monoisotopic (exact) mass is 527 g/mol. The number of rotatable bonds is 7. The van der Waals surface area contributed by atoms with Gasteiger partial charge in [0.1, 0.15) is 5.75 Å². The maximum atomic E-state index is 13.3.